The Hall–Kier alpha value is -0.620. The van der Waals surface area contributed by atoms with Crippen LogP contribution in [0.3, 0.4) is 0 Å². The molecule has 0 aromatic rings. The third-order valence-corrected chi connectivity index (χ3v) is 5.19. The van der Waals surface area contributed by atoms with Crippen molar-refractivity contribution in [3.8, 4) is 0 Å². The van der Waals surface area contributed by atoms with E-state index in [-0.39, 0.29) is 11.8 Å². The lowest BCUT2D eigenvalue weighted by Gasteiger charge is -2.30. The van der Waals surface area contributed by atoms with E-state index in [9.17, 15) is 13.2 Å². The minimum atomic E-state index is -3.26. The number of carbonyl (C=O) groups is 1. The maximum Gasteiger partial charge on any atom is 0.235 e. The summed E-state index contributed by atoms with van der Waals surface area (Å²) in [5, 5.41) is 2.78. The van der Waals surface area contributed by atoms with Crippen LogP contribution in [0.2, 0.25) is 0 Å². The van der Waals surface area contributed by atoms with E-state index in [4.69, 9.17) is 5.73 Å². The molecule has 0 aliphatic heterocycles. The van der Waals surface area contributed by atoms with Crippen LogP contribution in [0, 0.1) is 5.92 Å². The van der Waals surface area contributed by atoms with Crippen molar-refractivity contribution in [1.82, 2.24) is 5.32 Å². The van der Waals surface area contributed by atoms with Crippen LogP contribution >= 0.6 is 0 Å². The first-order chi connectivity index (χ1) is 8.48. The first-order valence-electron chi connectivity index (χ1n) is 6.68. The van der Waals surface area contributed by atoms with Crippen LogP contribution in [-0.4, -0.2) is 38.4 Å². The SMILES string of the molecule is CCS(=O)(=O)CC(=O)NC(CN)C1CCCCC1. The summed E-state index contributed by atoms with van der Waals surface area (Å²) in [5.74, 6) is -0.445. The fraction of sp³-hybridized carbons (Fsp3) is 0.917. The van der Waals surface area contributed by atoms with Crippen molar-refractivity contribution >= 4 is 15.7 Å². The molecule has 1 unspecified atom stereocenters. The summed E-state index contributed by atoms with van der Waals surface area (Å²) in [6.07, 6.45) is 5.73. The largest absolute Gasteiger partial charge is 0.351 e. The first-order valence-corrected chi connectivity index (χ1v) is 8.50. The van der Waals surface area contributed by atoms with Crippen LogP contribution in [0.25, 0.3) is 0 Å². The molecular formula is C12H24N2O3S. The van der Waals surface area contributed by atoms with Gasteiger partial charge in [-0.2, -0.15) is 0 Å². The van der Waals surface area contributed by atoms with Gasteiger partial charge in [-0.05, 0) is 18.8 Å². The van der Waals surface area contributed by atoms with Crippen LogP contribution in [0.4, 0.5) is 0 Å². The molecule has 0 aromatic heterocycles. The second kappa shape index (κ2) is 7.09. The minimum absolute atomic E-state index is 0.00284. The molecule has 1 rings (SSSR count). The summed E-state index contributed by atoms with van der Waals surface area (Å²) in [6, 6.07) is -0.0788. The molecule has 1 atom stereocenters. The topological polar surface area (TPSA) is 89.3 Å². The number of sulfone groups is 1. The molecule has 1 aliphatic rings. The summed E-state index contributed by atoms with van der Waals surface area (Å²) in [6.45, 7) is 1.92. The molecule has 1 fully saturated rings. The number of carbonyl (C=O) groups excluding carboxylic acids is 1. The lowest BCUT2D eigenvalue weighted by atomic mass is 9.84. The predicted octanol–water partition coefficient (Wildman–Crippen LogP) is 0.445. The molecule has 1 saturated carbocycles. The van der Waals surface area contributed by atoms with Gasteiger partial charge in [-0.3, -0.25) is 4.79 Å². The lowest BCUT2D eigenvalue weighted by molar-refractivity contribution is -0.119. The maximum atomic E-state index is 11.7. The molecule has 0 spiro atoms. The summed E-state index contributed by atoms with van der Waals surface area (Å²) in [5.41, 5.74) is 5.68. The highest BCUT2D eigenvalue weighted by atomic mass is 32.2. The zero-order valence-electron chi connectivity index (χ0n) is 11.0. The molecule has 3 N–H and O–H groups in total. The van der Waals surface area contributed by atoms with Gasteiger partial charge in [0.05, 0.1) is 0 Å². The Morgan fingerprint density at radius 3 is 2.44 bits per heavy atom. The van der Waals surface area contributed by atoms with Crippen molar-refractivity contribution in [3.05, 3.63) is 0 Å². The third kappa shape index (κ3) is 4.94. The quantitative estimate of drug-likeness (QED) is 0.737. The average Bonchev–Trinajstić information content (AvgIpc) is 2.36. The van der Waals surface area contributed by atoms with Gasteiger partial charge >= 0.3 is 0 Å². The number of hydrogen-bond donors (Lipinski definition) is 2. The van der Waals surface area contributed by atoms with Gasteiger partial charge < -0.3 is 11.1 Å². The van der Waals surface area contributed by atoms with Crippen molar-refractivity contribution in [2.24, 2.45) is 11.7 Å². The van der Waals surface area contributed by atoms with Gasteiger partial charge in [0.1, 0.15) is 5.75 Å². The van der Waals surface area contributed by atoms with E-state index in [1.54, 1.807) is 6.92 Å². The van der Waals surface area contributed by atoms with Crippen molar-refractivity contribution in [2.45, 2.75) is 45.1 Å². The smallest absolute Gasteiger partial charge is 0.235 e. The van der Waals surface area contributed by atoms with E-state index >= 15 is 0 Å². The third-order valence-electron chi connectivity index (χ3n) is 3.61. The molecule has 1 amide bonds. The van der Waals surface area contributed by atoms with E-state index < -0.39 is 21.5 Å². The number of rotatable bonds is 6. The van der Waals surface area contributed by atoms with Gasteiger partial charge in [0.25, 0.3) is 0 Å². The molecule has 0 aromatic carbocycles. The summed E-state index contributed by atoms with van der Waals surface area (Å²) in [7, 11) is -3.26. The molecule has 106 valence electrons. The molecule has 6 heteroatoms. The van der Waals surface area contributed by atoms with E-state index in [2.05, 4.69) is 5.32 Å². The van der Waals surface area contributed by atoms with Crippen molar-refractivity contribution in [1.29, 1.82) is 0 Å². The van der Waals surface area contributed by atoms with E-state index in [1.165, 1.54) is 19.3 Å². The fourth-order valence-corrected chi connectivity index (χ4v) is 3.14. The van der Waals surface area contributed by atoms with Gasteiger partial charge in [-0.15, -0.1) is 0 Å². The average molecular weight is 276 g/mol. The number of hydrogen-bond acceptors (Lipinski definition) is 4. The van der Waals surface area contributed by atoms with Crippen molar-refractivity contribution in [2.75, 3.05) is 18.1 Å². The number of amides is 1. The maximum absolute atomic E-state index is 11.7. The van der Waals surface area contributed by atoms with Crippen molar-refractivity contribution < 1.29 is 13.2 Å². The molecule has 0 heterocycles. The molecule has 1 aliphatic carbocycles. The van der Waals surface area contributed by atoms with Gasteiger partial charge in [0.15, 0.2) is 9.84 Å². The summed E-state index contributed by atoms with van der Waals surface area (Å²) in [4.78, 5) is 11.7. The minimum Gasteiger partial charge on any atom is -0.351 e. The van der Waals surface area contributed by atoms with Crippen LogP contribution in [0.5, 0.6) is 0 Å². The van der Waals surface area contributed by atoms with Gasteiger partial charge in [0, 0.05) is 18.3 Å². The first kappa shape index (κ1) is 15.4. The highest BCUT2D eigenvalue weighted by molar-refractivity contribution is 7.92. The van der Waals surface area contributed by atoms with E-state index in [0.717, 1.165) is 12.8 Å². The predicted molar refractivity (Wildman–Crippen MR) is 71.9 cm³/mol. The fourth-order valence-electron chi connectivity index (χ4n) is 2.46. The zero-order valence-corrected chi connectivity index (χ0v) is 11.8. The molecule has 5 nitrogen and oxygen atoms in total. The second-order valence-electron chi connectivity index (χ2n) is 4.98. The highest BCUT2D eigenvalue weighted by Gasteiger charge is 2.25. The zero-order chi connectivity index (χ0) is 13.6. The lowest BCUT2D eigenvalue weighted by Crippen LogP contribution is -2.47. The Morgan fingerprint density at radius 2 is 1.94 bits per heavy atom. The normalized spacial score (nSPS) is 19.4. The van der Waals surface area contributed by atoms with Crippen LogP contribution in [-0.2, 0) is 14.6 Å². The van der Waals surface area contributed by atoms with E-state index in [0.29, 0.717) is 12.5 Å². The van der Waals surface area contributed by atoms with Gasteiger partial charge in [-0.25, -0.2) is 8.42 Å². The van der Waals surface area contributed by atoms with Gasteiger partial charge in [-0.1, -0.05) is 26.2 Å². The summed E-state index contributed by atoms with van der Waals surface area (Å²) >= 11 is 0. The Bertz CT molecular complexity index is 362. The number of nitrogens with two attached hydrogens (primary N) is 1. The van der Waals surface area contributed by atoms with Gasteiger partial charge in [0.2, 0.25) is 5.91 Å². The van der Waals surface area contributed by atoms with E-state index in [1.807, 2.05) is 0 Å². The molecule has 0 radical (unpaired) electrons. The Balaban J connectivity index is 2.49. The highest BCUT2D eigenvalue weighted by Crippen LogP contribution is 2.26. The molecule has 0 saturated heterocycles. The molecule has 0 bridgehead atoms. The van der Waals surface area contributed by atoms with Crippen LogP contribution in [0.15, 0.2) is 0 Å². The standard InChI is InChI=1S/C12H24N2O3S/c1-2-18(16,17)9-12(15)14-11(8-13)10-6-4-3-5-7-10/h10-11H,2-9,13H2,1H3,(H,14,15). The Labute approximate surface area is 109 Å². The molecular weight excluding hydrogens is 252 g/mol. The van der Waals surface area contributed by atoms with Crippen LogP contribution < -0.4 is 11.1 Å². The summed E-state index contributed by atoms with van der Waals surface area (Å²) < 4.78 is 22.7. The Kier molecular flexibility index (Phi) is 6.08. The van der Waals surface area contributed by atoms with Crippen molar-refractivity contribution in [3.63, 3.8) is 0 Å². The number of nitrogens with one attached hydrogen (secondary N) is 1. The molecule has 18 heavy (non-hydrogen) atoms. The monoisotopic (exact) mass is 276 g/mol. The van der Waals surface area contributed by atoms with Crippen LogP contribution in [0.1, 0.15) is 39.0 Å². The Morgan fingerprint density at radius 1 is 1.33 bits per heavy atom. The second-order valence-corrected chi connectivity index (χ2v) is 7.34.